The van der Waals surface area contributed by atoms with Crippen LogP contribution < -0.4 is 16.2 Å². The minimum atomic E-state index is -0.0741. The highest BCUT2D eigenvalue weighted by Crippen LogP contribution is 2.29. The van der Waals surface area contributed by atoms with Gasteiger partial charge in [0.25, 0.3) is 5.56 Å². The molecule has 1 saturated carbocycles. The standard InChI is InChI=1S/C20H24N4O2/c25-18(12-21-14-6-4-7-14)22-15-8-3-5-13(11-15)19-16-9-1-2-10-17(16)20(26)24-23-19/h3,5,8,11,14,21H,1-2,4,6-7,9-10,12H2,(H,22,25)(H,24,26). The lowest BCUT2D eigenvalue weighted by Crippen LogP contribution is -2.40. The number of hydrogen-bond donors (Lipinski definition) is 3. The van der Waals surface area contributed by atoms with Gasteiger partial charge in [0.05, 0.1) is 12.2 Å². The highest BCUT2D eigenvalue weighted by Gasteiger charge is 2.20. The SMILES string of the molecule is O=C(CNC1CCC1)Nc1cccc(-c2n[nH]c(=O)c3c2CCCC3)c1. The zero-order valence-corrected chi connectivity index (χ0v) is 14.8. The third kappa shape index (κ3) is 3.55. The van der Waals surface area contributed by atoms with Gasteiger partial charge in [-0.3, -0.25) is 9.59 Å². The summed E-state index contributed by atoms with van der Waals surface area (Å²) in [4.78, 5) is 24.2. The van der Waals surface area contributed by atoms with Crippen molar-refractivity contribution in [3.63, 3.8) is 0 Å². The molecule has 0 aliphatic heterocycles. The van der Waals surface area contributed by atoms with Gasteiger partial charge in [-0.1, -0.05) is 18.6 Å². The Morgan fingerprint density at radius 1 is 1.15 bits per heavy atom. The molecule has 2 aromatic rings. The van der Waals surface area contributed by atoms with Gasteiger partial charge in [0.1, 0.15) is 0 Å². The van der Waals surface area contributed by atoms with E-state index in [4.69, 9.17) is 0 Å². The lowest BCUT2D eigenvalue weighted by Gasteiger charge is -2.26. The van der Waals surface area contributed by atoms with Crippen LogP contribution in [0.25, 0.3) is 11.3 Å². The number of anilines is 1. The molecule has 0 bridgehead atoms. The molecule has 1 aromatic carbocycles. The van der Waals surface area contributed by atoms with Crippen molar-refractivity contribution in [1.82, 2.24) is 15.5 Å². The molecule has 0 spiro atoms. The lowest BCUT2D eigenvalue weighted by atomic mass is 9.90. The third-order valence-electron chi connectivity index (χ3n) is 5.37. The van der Waals surface area contributed by atoms with Gasteiger partial charge in [0.2, 0.25) is 5.91 Å². The first-order valence-electron chi connectivity index (χ1n) is 9.45. The van der Waals surface area contributed by atoms with E-state index in [2.05, 4.69) is 20.8 Å². The molecule has 0 atom stereocenters. The van der Waals surface area contributed by atoms with Crippen LogP contribution in [0, 0.1) is 0 Å². The second kappa shape index (κ2) is 7.41. The molecule has 4 rings (SSSR count). The first-order valence-corrected chi connectivity index (χ1v) is 9.45. The van der Waals surface area contributed by atoms with Crippen molar-refractivity contribution in [2.75, 3.05) is 11.9 Å². The number of carbonyl (C=O) groups is 1. The van der Waals surface area contributed by atoms with Crippen LogP contribution in [0.5, 0.6) is 0 Å². The molecular formula is C20H24N4O2. The molecule has 1 aromatic heterocycles. The van der Waals surface area contributed by atoms with Gasteiger partial charge in [0.15, 0.2) is 0 Å². The van der Waals surface area contributed by atoms with Crippen LogP contribution in [-0.2, 0) is 17.6 Å². The first kappa shape index (κ1) is 17.0. The summed E-state index contributed by atoms with van der Waals surface area (Å²) >= 11 is 0. The van der Waals surface area contributed by atoms with Gasteiger partial charge in [-0.15, -0.1) is 0 Å². The number of hydrogen-bond acceptors (Lipinski definition) is 4. The number of carbonyl (C=O) groups excluding carboxylic acids is 1. The molecular weight excluding hydrogens is 328 g/mol. The van der Waals surface area contributed by atoms with E-state index in [0.29, 0.717) is 12.6 Å². The molecule has 1 amide bonds. The summed E-state index contributed by atoms with van der Waals surface area (Å²) in [5.74, 6) is -0.0366. The monoisotopic (exact) mass is 352 g/mol. The number of nitrogens with zero attached hydrogens (tertiary/aromatic N) is 1. The molecule has 26 heavy (non-hydrogen) atoms. The molecule has 0 saturated heterocycles. The fourth-order valence-electron chi connectivity index (χ4n) is 3.70. The zero-order chi connectivity index (χ0) is 17.9. The molecule has 0 unspecified atom stereocenters. The summed E-state index contributed by atoms with van der Waals surface area (Å²) < 4.78 is 0. The number of fused-ring (bicyclic) bond motifs is 1. The molecule has 1 heterocycles. The highest BCUT2D eigenvalue weighted by atomic mass is 16.2. The predicted molar refractivity (Wildman–Crippen MR) is 101 cm³/mol. The minimum absolute atomic E-state index is 0.0366. The van der Waals surface area contributed by atoms with Crippen LogP contribution >= 0.6 is 0 Å². The van der Waals surface area contributed by atoms with Crippen molar-refractivity contribution in [1.29, 1.82) is 0 Å². The Morgan fingerprint density at radius 3 is 2.73 bits per heavy atom. The quantitative estimate of drug-likeness (QED) is 0.771. The van der Waals surface area contributed by atoms with Crippen molar-refractivity contribution in [2.24, 2.45) is 0 Å². The van der Waals surface area contributed by atoms with Gasteiger partial charge in [0, 0.05) is 22.9 Å². The molecule has 136 valence electrons. The molecule has 6 heteroatoms. The van der Waals surface area contributed by atoms with E-state index in [1.165, 1.54) is 6.42 Å². The predicted octanol–water partition coefficient (Wildman–Crippen LogP) is 2.40. The van der Waals surface area contributed by atoms with Crippen molar-refractivity contribution in [3.8, 4) is 11.3 Å². The minimum Gasteiger partial charge on any atom is -0.325 e. The van der Waals surface area contributed by atoms with Crippen LogP contribution in [0.4, 0.5) is 5.69 Å². The van der Waals surface area contributed by atoms with E-state index < -0.39 is 0 Å². The average molecular weight is 352 g/mol. The molecule has 3 N–H and O–H groups in total. The number of aromatic nitrogens is 2. The Bertz CT molecular complexity index is 870. The van der Waals surface area contributed by atoms with Crippen LogP contribution in [0.2, 0.25) is 0 Å². The zero-order valence-electron chi connectivity index (χ0n) is 14.8. The number of H-pyrrole nitrogens is 1. The summed E-state index contributed by atoms with van der Waals surface area (Å²) in [5.41, 5.74) is 4.33. The second-order valence-corrected chi connectivity index (χ2v) is 7.20. The van der Waals surface area contributed by atoms with Crippen molar-refractivity contribution < 1.29 is 4.79 Å². The maximum atomic E-state index is 12.1. The summed E-state index contributed by atoms with van der Waals surface area (Å²) in [6.45, 7) is 0.335. The summed E-state index contributed by atoms with van der Waals surface area (Å²) in [6.07, 6.45) is 7.38. The van der Waals surface area contributed by atoms with E-state index in [0.717, 1.165) is 66.6 Å². The van der Waals surface area contributed by atoms with Crippen molar-refractivity contribution in [2.45, 2.75) is 51.0 Å². The van der Waals surface area contributed by atoms with E-state index >= 15 is 0 Å². The van der Waals surface area contributed by atoms with Gasteiger partial charge < -0.3 is 10.6 Å². The first-order chi connectivity index (χ1) is 12.7. The largest absolute Gasteiger partial charge is 0.325 e. The number of benzene rings is 1. The number of nitrogens with one attached hydrogen (secondary N) is 3. The van der Waals surface area contributed by atoms with Gasteiger partial charge in [-0.25, -0.2) is 5.10 Å². The Labute approximate surface area is 152 Å². The molecule has 2 aliphatic carbocycles. The van der Waals surface area contributed by atoms with E-state index in [9.17, 15) is 9.59 Å². The third-order valence-corrected chi connectivity index (χ3v) is 5.37. The van der Waals surface area contributed by atoms with Crippen LogP contribution in [0.1, 0.15) is 43.2 Å². The van der Waals surface area contributed by atoms with Crippen LogP contribution in [0.15, 0.2) is 29.1 Å². The van der Waals surface area contributed by atoms with Crippen molar-refractivity contribution >= 4 is 11.6 Å². The highest BCUT2D eigenvalue weighted by molar-refractivity contribution is 5.93. The van der Waals surface area contributed by atoms with Crippen molar-refractivity contribution in [3.05, 3.63) is 45.7 Å². The summed E-state index contributed by atoms with van der Waals surface area (Å²) in [7, 11) is 0. The number of aromatic amines is 1. The van der Waals surface area contributed by atoms with Crippen LogP contribution in [-0.4, -0.2) is 28.7 Å². The topological polar surface area (TPSA) is 86.9 Å². The van der Waals surface area contributed by atoms with Crippen LogP contribution in [0.3, 0.4) is 0 Å². The van der Waals surface area contributed by atoms with Gasteiger partial charge in [-0.05, 0) is 56.2 Å². The van der Waals surface area contributed by atoms with Gasteiger partial charge >= 0.3 is 0 Å². The smallest absolute Gasteiger partial charge is 0.267 e. The number of amides is 1. The number of rotatable bonds is 5. The average Bonchev–Trinajstić information content (AvgIpc) is 2.61. The molecule has 6 nitrogen and oxygen atoms in total. The van der Waals surface area contributed by atoms with Gasteiger partial charge in [-0.2, -0.15) is 5.10 Å². The Morgan fingerprint density at radius 2 is 1.96 bits per heavy atom. The summed E-state index contributed by atoms with van der Waals surface area (Å²) in [5, 5.41) is 13.1. The molecule has 0 radical (unpaired) electrons. The van der Waals surface area contributed by atoms with E-state index in [1.54, 1.807) is 0 Å². The lowest BCUT2D eigenvalue weighted by molar-refractivity contribution is -0.115. The fraction of sp³-hybridized carbons (Fsp3) is 0.450. The Balaban J connectivity index is 1.52. The normalized spacial score (nSPS) is 16.6. The maximum absolute atomic E-state index is 12.1. The maximum Gasteiger partial charge on any atom is 0.267 e. The van der Waals surface area contributed by atoms with E-state index in [-0.39, 0.29) is 11.5 Å². The molecule has 2 aliphatic rings. The Hall–Kier alpha value is -2.47. The second-order valence-electron chi connectivity index (χ2n) is 7.20. The van der Waals surface area contributed by atoms with E-state index in [1.807, 2.05) is 24.3 Å². The Kier molecular flexibility index (Phi) is 4.84. The molecule has 1 fully saturated rings. The fourth-order valence-corrected chi connectivity index (χ4v) is 3.70. The summed E-state index contributed by atoms with van der Waals surface area (Å²) in [6, 6.07) is 8.17.